The zero-order valence-corrected chi connectivity index (χ0v) is 12.0. The van der Waals surface area contributed by atoms with Crippen LogP contribution in [0.25, 0.3) is 0 Å². The first-order valence-corrected chi connectivity index (χ1v) is 6.74. The third kappa shape index (κ3) is 1.99. The third-order valence-corrected chi connectivity index (χ3v) is 4.07. The van der Waals surface area contributed by atoms with E-state index in [9.17, 15) is 4.39 Å². The van der Waals surface area contributed by atoms with E-state index in [1.165, 1.54) is 6.33 Å². The monoisotopic (exact) mass is 325 g/mol. The molecule has 1 aromatic heterocycles. The van der Waals surface area contributed by atoms with Gasteiger partial charge in [-0.05, 0) is 17.7 Å². The van der Waals surface area contributed by atoms with Crippen molar-refractivity contribution in [3.63, 3.8) is 0 Å². The van der Waals surface area contributed by atoms with Crippen LogP contribution < -0.4 is 0 Å². The van der Waals surface area contributed by atoms with Crippen molar-refractivity contribution in [2.24, 2.45) is 7.05 Å². The molecule has 1 saturated heterocycles. The van der Waals surface area contributed by atoms with Gasteiger partial charge >= 0.3 is 0 Å². The number of halogens is 2. The van der Waals surface area contributed by atoms with Gasteiger partial charge in [0.2, 0.25) is 0 Å². The Bertz CT molecular complexity index is 597. The summed E-state index contributed by atoms with van der Waals surface area (Å²) in [4.78, 5) is 0. The molecule has 0 saturated carbocycles. The molecule has 1 fully saturated rings. The van der Waals surface area contributed by atoms with Crippen LogP contribution in [-0.2, 0) is 17.2 Å². The molecule has 6 heteroatoms. The van der Waals surface area contributed by atoms with Gasteiger partial charge in [0, 0.05) is 11.5 Å². The average molecular weight is 326 g/mol. The van der Waals surface area contributed by atoms with Gasteiger partial charge in [-0.2, -0.15) is 0 Å². The topological polar surface area (TPSA) is 39.9 Å². The average Bonchev–Trinajstić information content (AvgIpc) is 2.74. The molecule has 1 aliphatic rings. The number of hydrogen-bond acceptors (Lipinski definition) is 3. The summed E-state index contributed by atoms with van der Waals surface area (Å²) in [6.45, 7) is 0.717. The van der Waals surface area contributed by atoms with Gasteiger partial charge in [0.05, 0.1) is 18.6 Å². The quantitative estimate of drug-likeness (QED) is 0.870. The molecule has 0 N–H and O–H groups in total. The first-order chi connectivity index (χ1) is 9.13. The Morgan fingerprint density at radius 3 is 2.79 bits per heavy atom. The molecule has 19 heavy (non-hydrogen) atoms. The fourth-order valence-corrected chi connectivity index (χ4v) is 2.75. The lowest BCUT2D eigenvalue weighted by Gasteiger charge is -2.43. The Kier molecular flexibility index (Phi) is 3.14. The van der Waals surface area contributed by atoms with Crippen LogP contribution >= 0.6 is 15.9 Å². The summed E-state index contributed by atoms with van der Waals surface area (Å²) in [5.74, 6) is 0.336. The highest BCUT2D eigenvalue weighted by Gasteiger charge is 2.50. The first-order valence-electron chi connectivity index (χ1n) is 5.95. The second-order valence-electron chi connectivity index (χ2n) is 4.82. The summed E-state index contributed by atoms with van der Waals surface area (Å²) >= 11 is 3.42. The Morgan fingerprint density at radius 2 is 2.26 bits per heavy atom. The number of aryl methyl sites for hydroxylation is 1. The van der Waals surface area contributed by atoms with Gasteiger partial charge in [0.15, 0.2) is 12.0 Å². The predicted octanol–water partition coefficient (Wildman–Crippen LogP) is 2.56. The van der Waals surface area contributed by atoms with Crippen molar-refractivity contribution in [2.75, 3.05) is 13.2 Å². The van der Waals surface area contributed by atoms with E-state index in [-0.39, 0.29) is 0 Å². The number of benzene rings is 1. The summed E-state index contributed by atoms with van der Waals surface area (Å²) in [6, 6.07) is 7.69. The molecule has 1 aliphatic heterocycles. The number of hydrogen-bond donors (Lipinski definition) is 0. The maximum atomic E-state index is 14.9. The molecule has 0 spiro atoms. The standard InChI is InChI=1S/C13H13BrFN3O/c1-18-8-16-17-12(18)11(15)13(6-19-7-13)9-3-2-4-10(14)5-9/h2-5,8,11H,6-7H2,1H3/t11-/m0/s1. The van der Waals surface area contributed by atoms with Gasteiger partial charge in [-0.1, -0.05) is 28.1 Å². The SMILES string of the molecule is Cn1cnnc1[C@H](F)C1(c2cccc(Br)c2)COC1. The maximum absolute atomic E-state index is 14.9. The van der Waals surface area contributed by atoms with E-state index < -0.39 is 11.6 Å². The van der Waals surface area contributed by atoms with Crippen LogP contribution in [0.5, 0.6) is 0 Å². The lowest BCUT2D eigenvalue weighted by molar-refractivity contribution is -0.102. The predicted molar refractivity (Wildman–Crippen MR) is 71.5 cm³/mol. The lowest BCUT2D eigenvalue weighted by atomic mass is 9.74. The molecule has 0 unspecified atom stereocenters. The zero-order chi connectivity index (χ0) is 13.5. The lowest BCUT2D eigenvalue weighted by Crippen LogP contribution is -2.50. The van der Waals surface area contributed by atoms with E-state index in [1.54, 1.807) is 11.6 Å². The number of nitrogens with zero attached hydrogens (tertiary/aromatic N) is 3. The normalized spacial score (nSPS) is 18.9. The van der Waals surface area contributed by atoms with Crippen molar-refractivity contribution < 1.29 is 9.13 Å². The number of aromatic nitrogens is 3. The van der Waals surface area contributed by atoms with E-state index >= 15 is 0 Å². The van der Waals surface area contributed by atoms with Crippen molar-refractivity contribution in [3.8, 4) is 0 Å². The fraction of sp³-hybridized carbons (Fsp3) is 0.385. The van der Waals surface area contributed by atoms with Crippen LogP contribution in [0.4, 0.5) is 4.39 Å². The van der Waals surface area contributed by atoms with Gasteiger partial charge in [0.1, 0.15) is 6.33 Å². The van der Waals surface area contributed by atoms with E-state index in [0.29, 0.717) is 19.0 Å². The zero-order valence-electron chi connectivity index (χ0n) is 10.4. The minimum atomic E-state index is -1.23. The van der Waals surface area contributed by atoms with Crippen LogP contribution in [0.15, 0.2) is 35.1 Å². The van der Waals surface area contributed by atoms with Gasteiger partial charge in [0.25, 0.3) is 0 Å². The molecule has 0 radical (unpaired) electrons. The Hall–Kier alpha value is -1.27. The molecule has 1 aromatic carbocycles. The Morgan fingerprint density at radius 1 is 1.47 bits per heavy atom. The van der Waals surface area contributed by atoms with Crippen LogP contribution in [0.2, 0.25) is 0 Å². The largest absolute Gasteiger partial charge is 0.379 e. The van der Waals surface area contributed by atoms with Crippen LogP contribution in [-0.4, -0.2) is 28.0 Å². The van der Waals surface area contributed by atoms with E-state index in [0.717, 1.165) is 10.0 Å². The van der Waals surface area contributed by atoms with E-state index in [4.69, 9.17) is 4.74 Å². The Labute approximate surface area is 118 Å². The van der Waals surface area contributed by atoms with Crippen molar-refractivity contribution in [2.45, 2.75) is 11.6 Å². The second kappa shape index (κ2) is 4.68. The molecule has 100 valence electrons. The molecule has 3 rings (SSSR count). The van der Waals surface area contributed by atoms with Crippen LogP contribution in [0.3, 0.4) is 0 Å². The summed E-state index contributed by atoms with van der Waals surface area (Å²) in [6.07, 6.45) is 0.277. The molecule has 4 nitrogen and oxygen atoms in total. The van der Waals surface area contributed by atoms with Gasteiger partial charge in [-0.25, -0.2) is 4.39 Å². The van der Waals surface area contributed by atoms with Crippen molar-refractivity contribution >= 4 is 15.9 Å². The molecule has 0 amide bonds. The van der Waals surface area contributed by atoms with E-state index in [1.807, 2.05) is 24.3 Å². The van der Waals surface area contributed by atoms with Crippen molar-refractivity contribution in [1.29, 1.82) is 0 Å². The van der Waals surface area contributed by atoms with E-state index in [2.05, 4.69) is 26.1 Å². The van der Waals surface area contributed by atoms with Gasteiger partial charge < -0.3 is 9.30 Å². The highest BCUT2D eigenvalue weighted by atomic mass is 79.9. The highest BCUT2D eigenvalue weighted by Crippen LogP contribution is 2.45. The van der Waals surface area contributed by atoms with Crippen LogP contribution in [0.1, 0.15) is 17.6 Å². The van der Waals surface area contributed by atoms with Crippen LogP contribution in [0, 0.1) is 0 Å². The molecule has 1 atom stereocenters. The van der Waals surface area contributed by atoms with Gasteiger partial charge in [-0.15, -0.1) is 10.2 Å². The minimum absolute atomic E-state index is 0.336. The summed E-state index contributed by atoms with van der Waals surface area (Å²) in [5, 5.41) is 7.63. The fourth-order valence-electron chi connectivity index (χ4n) is 2.35. The molecule has 2 aromatic rings. The molecular formula is C13H13BrFN3O. The number of ether oxygens (including phenoxy) is 1. The first kappa shape index (κ1) is 12.7. The molecule has 0 bridgehead atoms. The molecule has 0 aliphatic carbocycles. The summed E-state index contributed by atoms with van der Waals surface area (Å²) in [7, 11) is 1.75. The smallest absolute Gasteiger partial charge is 0.174 e. The highest BCUT2D eigenvalue weighted by molar-refractivity contribution is 9.10. The van der Waals surface area contributed by atoms with Crippen molar-refractivity contribution in [1.82, 2.24) is 14.8 Å². The summed E-state index contributed by atoms with van der Waals surface area (Å²) in [5.41, 5.74) is 0.258. The van der Waals surface area contributed by atoms with Crippen molar-refractivity contribution in [3.05, 3.63) is 46.5 Å². The maximum Gasteiger partial charge on any atom is 0.174 e. The second-order valence-corrected chi connectivity index (χ2v) is 5.74. The van der Waals surface area contributed by atoms with Gasteiger partial charge in [-0.3, -0.25) is 0 Å². The summed E-state index contributed by atoms with van der Waals surface area (Å²) < 4.78 is 22.8. The minimum Gasteiger partial charge on any atom is -0.379 e. The molecule has 2 heterocycles. The number of rotatable bonds is 3. The molecular weight excluding hydrogens is 313 g/mol. The Balaban J connectivity index is 2.02. The number of alkyl halides is 1. The third-order valence-electron chi connectivity index (χ3n) is 3.58.